The van der Waals surface area contributed by atoms with E-state index in [9.17, 15) is 0 Å². The lowest BCUT2D eigenvalue weighted by atomic mass is 10.0. The predicted octanol–water partition coefficient (Wildman–Crippen LogP) is 3.20. The highest BCUT2D eigenvalue weighted by molar-refractivity contribution is 5.17. The molecule has 2 rings (SSSR count). The van der Waals surface area contributed by atoms with Crippen molar-refractivity contribution in [2.75, 3.05) is 6.54 Å². The van der Waals surface area contributed by atoms with Crippen LogP contribution >= 0.6 is 0 Å². The van der Waals surface area contributed by atoms with Crippen LogP contribution in [0.2, 0.25) is 0 Å². The van der Waals surface area contributed by atoms with Gasteiger partial charge in [0.2, 0.25) is 0 Å². The maximum atomic E-state index is 3.78. The lowest BCUT2D eigenvalue weighted by Crippen LogP contribution is -2.27. The Morgan fingerprint density at radius 1 is 1.00 bits per heavy atom. The van der Waals surface area contributed by atoms with Crippen LogP contribution in [-0.2, 0) is 0 Å². The van der Waals surface area contributed by atoms with Gasteiger partial charge in [0.05, 0.1) is 0 Å². The van der Waals surface area contributed by atoms with Crippen LogP contribution in [0.1, 0.15) is 53.4 Å². The van der Waals surface area contributed by atoms with Gasteiger partial charge in [-0.15, -0.1) is 0 Å². The van der Waals surface area contributed by atoms with Crippen molar-refractivity contribution in [1.82, 2.24) is 5.32 Å². The zero-order valence-corrected chi connectivity index (χ0v) is 10.2. The summed E-state index contributed by atoms with van der Waals surface area (Å²) in [6.07, 6.45) is 5.84. The Bertz CT molecular complexity index is 197. The minimum absolute atomic E-state index is 0.506. The number of nitrogens with one attached hydrogen (secondary N) is 1. The van der Waals surface area contributed by atoms with Gasteiger partial charge >= 0.3 is 0 Å². The largest absolute Gasteiger partial charge is 0.313 e. The summed E-state index contributed by atoms with van der Waals surface area (Å²) < 4.78 is 0. The van der Waals surface area contributed by atoms with Crippen LogP contribution in [0, 0.1) is 16.7 Å². The molecule has 0 atom stereocenters. The summed E-state index contributed by atoms with van der Waals surface area (Å²) in [6, 6.07) is 0.746. The Balaban J connectivity index is 1.77. The van der Waals surface area contributed by atoms with Crippen LogP contribution in [0.4, 0.5) is 0 Å². The van der Waals surface area contributed by atoms with Crippen molar-refractivity contribution < 1.29 is 0 Å². The first-order valence-electron chi connectivity index (χ1n) is 6.19. The fourth-order valence-electron chi connectivity index (χ4n) is 3.21. The Morgan fingerprint density at radius 2 is 1.50 bits per heavy atom. The second-order valence-corrected chi connectivity index (χ2v) is 6.44. The molecule has 0 unspecified atom stereocenters. The molecule has 0 spiro atoms. The fraction of sp³-hybridized carbons (Fsp3) is 1.00. The quantitative estimate of drug-likeness (QED) is 0.729. The predicted molar refractivity (Wildman–Crippen MR) is 61.3 cm³/mol. The lowest BCUT2D eigenvalue weighted by Gasteiger charge is -2.11. The molecule has 1 heteroatoms. The van der Waals surface area contributed by atoms with Gasteiger partial charge in [-0.2, -0.15) is 0 Å². The zero-order chi connectivity index (χ0) is 10.4. The van der Waals surface area contributed by atoms with Gasteiger partial charge in [0, 0.05) is 6.04 Å². The summed E-state index contributed by atoms with van der Waals surface area (Å²) in [7, 11) is 0. The smallest absolute Gasteiger partial charge is 0.0181 e. The highest BCUT2D eigenvalue weighted by Crippen LogP contribution is 2.62. The molecule has 82 valence electrons. The molecule has 1 nitrogen and oxygen atoms in total. The summed E-state index contributed by atoms with van der Waals surface area (Å²) in [5.41, 5.74) is 1.01. The third kappa shape index (κ3) is 1.50. The first-order chi connectivity index (χ1) is 6.46. The van der Waals surface area contributed by atoms with Crippen molar-refractivity contribution >= 4 is 0 Å². The van der Waals surface area contributed by atoms with Gasteiger partial charge in [-0.3, -0.25) is 0 Å². The molecular formula is C13H25N. The molecule has 0 saturated heterocycles. The maximum Gasteiger partial charge on any atom is 0.0181 e. The molecule has 0 heterocycles. The Morgan fingerprint density at radius 3 is 1.93 bits per heavy atom. The topological polar surface area (TPSA) is 12.0 Å². The molecule has 0 bridgehead atoms. The van der Waals surface area contributed by atoms with E-state index in [2.05, 4.69) is 33.0 Å². The Labute approximate surface area is 88.7 Å². The summed E-state index contributed by atoms with van der Waals surface area (Å²) in [5.74, 6) is 0.974. The van der Waals surface area contributed by atoms with Crippen LogP contribution in [0.15, 0.2) is 0 Å². The average Bonchev–Trinajstić information content (AvgIpc) is 2.54. The van der Waals surface area contributed by atoms with Crippen molar-refractivity contribution in [2.24, 2.45) is 16.7 Å². The Hall–Kier alpha value is -0.0400. The minimum atomic E-state index is 0.506. The third-order valence-electron chi connectivity index (χ3n) is 5.11. The number of hydrogen-bond acceptors (Lipinski definition) is 1. The van der Waals surface area contributed by atoms with Crippen LogP contribution in [-0.4, -0.2) is 12.6 Å². The molecule has 0 amide bonds. The van der Waals surface area contributed by atoms with E-state index in [-0.39, 0.29) is 0 Å². The molecule has 2 fully saturated rings. The molecule has 0 aromatic rings. The summed E-state index contributed by atoms with van der Waals surface area (Å²) in [5, 5.41) is 3.78. The summed E-state index contributed by atoms with van der Waals surface area (Å²) in [6.45, 7) is 10.8. The standard InChI is InChI=1S/C13H25N/c1-12(2)11(13(12,3)4)14-9-10-7-5-6-8-10/h10-11,14H,5-9H2,1-4H3. The molecule has 2 saturated carbocycles. The average molecular weight is 195 g/mol. The molecule has 2 aliphatic carbocycles. The van der Waals surface area contributed by atoms with E-state index in [0.29, 0.717) is 10.8 Å². The van der Waals surface area contributed by atoms with E-state index in [4.69, 9.17) is 0 Å². The zero-order valence-electron chi connectivity index (χ0n) is 10.2. The van der Waals surface area contributed by atoms with Gasteiger partial charge in [0.15, 0.2) is 0 Å². The van der Waals surface area contributed by atoms with Gasteiger partial charge < -0.3 is 5.32 Å². The van der Waals surface area contributed by atoms with E-state index >= 15 is 0 Å². The highest BCUT2D eigenvalue weighted by Gasteiger charge is 2.64. The van der Waals surface area contributed by atoms with Crippen molar-refractivity contribution in [3.63, 3.8) is 0 Å². The highest BCUT2D eigenvalue weighted by atomic mass is 15.0. The van der Waals surface area contributed by atoms with Gasteiger partial charge in [-0.1, -0.05) is 40.5 Å². The van der Waals surface area contributed by atoms with Gasteiger partial charge in [-0.05, 0) is 36.1 Å². The second kappa shape index (κ2) is 3.23. The number of hydrogen-bond donors (Lipinski definition) is 1. The van der Waals surface area contributed by atoms with Crippen LogP contribution in [0.25, 0.3) is 0 Å². The van der Waals surface area contributed by atoms with Crippen molar-refractivity contribution in [1.29, 1.82) is 0 Å². The van der Waals surface area contributed by atoms with E-state index in [0.717, 1.165) is 12.0 Å². The van der Waals surface area contributed by atoms with Crippen molar-refractivity contribution in [3.05, 3.63) is 0 Å². The van der Waals surface area contributed by atoms with Crippen molar-refractivity contribution in [2.45, 2.75) is 59.4 Å². The SMILES string of the molecule is CC1(C)C(NCC2CCCC2)C1(C)C. The first kappa shape index (κ1) is 10.5. The molecule has 0 aliphatic heterocycles. The lowest BCUT2D eigenvalue weighted by molar-refractivity contribution is 0.456. The number of rotatable bonds is 3. The summed E-state index contributed by atoms with van der Waals surface area (Å²) >= 11 is 0. The van der Waals surface area contributed by atoms with Gasteiger partial charge in [0.25, 0.3) is 0 Å². The maximum absolute atomic E-state index is 3.78. The monoisotopic (exact) mass is 195 g/mol. The van der Waals surface area contributed by atoms with Gasteiger partial charge in [-0.25, -0.2) is 0 Å². The van der Waals surface area contributed by atoms with Gasteiger partial charge in [0.1, 0.15) is 0 Å². The Kier molecular flexibility index (Phi) is 2.42. The third-order valence-corrected chi connectivity index (χ3v) is 5.11. The van der Waals surface area contributed by atoms with Crippen molar-refractivity contribution in [3.8, 4) is 0 Å². The second-order valence-electron chi connectivity index (χ2n) is 6.44. The van der Waals surface area contributed by atoms with E-state index < -0.39 is 0 Å². The first-order valence-corrected chi connectivity index (χ1v) is 6.19. The van der Waals surface area contributed by atoms with E-state index in [1.165, 1.54) is 32.2 Å². The van der Waals surface area contributed by atoms with E-state index in [1.807, 2.05) is 0 Å². The molecule has 0 aromatic heterocycles. The molecule has 2 aliphatic rings. The molecular weight excluding hydrogens is 170 g/mol. The molecule has 14 heavy (non-hydrogen) atoms. The van der Waals surface area contributed by atoms with Crippen LogP contribution in [0.3, 0.4) is 0 Å². The van der Waals surface area contributed by atoms with E-state index in [1.54, 1.807) is 0 Å². The summed E-state index contributed by atoms with van der Waals surface area (Å²) in [4.78, 5) is 0. The molecule has 0 aromatic carbocycles. The van der Waals surface area contributed by atoms with Crippen LogP contribution < -0.4 is 5.32 Å². The molecule has 0 radical (unpaired) electrons. The normalized spacial score (nSPS) is 30.9. The van der Waals surface area contributed by atoms with Crippen LogP contribution in [0.5, 0.6) is 0 Å². The minimum Gasteiger partial charge on any atom is -0.313 e. The fourth-order valence-corrected chi connectivity index (χ4v) is 3.21. The molecule has 1 N–H and O–H groups in total.